The maximum Gasteiger partial charge on any atom is 0.115 e. The molecule has 134 valence electrons. The van der Waals surface area contributed by atoms with Gasteiger partial charge in [-0.15, -0.1) is 0 Å². The molecule has 2 nitrogen and oxygen atoms in total. The van der Waals surface area contributed by atoms with E-state index in [1.807, 2.05) is 0 Å². The molecular weight excluding hydrogens is 306 g/mol. The molecule has 0 aliphatic carbocycles. The minimum Gasteiger partial charge on any atom is -0.366 e. The highest BCUT2D eigenvalue weighted by Crippen LogP contribution is 2.34. The van der Waals surface area contributed by atoms with E-state index in [0.29, 0.717) is 6.04 Å². The van der Waals surface area contributed by atoms with Crippen molar-refractivity contribution in [2.75, 3.05) is 20.2 Å². The molecule has 0 saturated carbocycles. The van der Waals surface area contributed by atoms with Crippen molar-refractivity contribution in [3.8, 4) is 0 Å². The van der Waals surface area contributed by atoms with Crippen LogP contribution in [-0.2, 0) is 10.3 Å². The Bertz CT molecular complexity index is 652. The third-order valence-electron chi connectivity index (χ3n) is 5.69. The molecule has 0 aromatic heterocycles. The quantitative estimate of drug-likeness (QED) is 0.723. The highest BCUT2D eigenvalue weighted by Gasteiger charge is 2.30. The maximum absolute atomic E-state index is 6.57. The van der Waals surface area contributed by atoms with Crippen LogP contribution in [0.25, 0.3) is 0 Å². The number of benzene rings is 2. The van der Waals surface area contributed by atoms with Gasteiger partial charge in [0.15, 0.2) is 0 Å². The van der Waals surface area contributed by atoms with Crippen molar-refractivity contribution in [1.29, 1.82) is 0 Å². The van der Waals surface area contributed by atoms with Crippen LogP contribution in [0, 0.1) is 6.92 Å². The SMILES string of the molecule is Cc1ccc(C(C)(OCCC2CCCCN2C)c2ccccc2)cc1. The summed E-state index contributed by atoms with van der Waals surface area (Å²) in [5, 5.41) is 0. The van der Waals surface area contributed by atoms with Crippen LogP contribution in [0.2, 0.25) is 0 Å². The van der Waals surface area contributed by atoms with E-state index in [2.05, 4.69) is 80.4 Å². The molecular formula is C23H31NO. The summed E-state index contributed by atoms with van der Waals surface area (Å²) in [6.07, 6.45) is 5.08. The molecule has 25 heavy (non-hydrogen) atoms. The molecule has 1 heterocycles. The summed E-state index contributed by atoms with van der Waals surface area (Å²) in [6, 6.07) is 20.0. The molecule has 0 bridgehead atoms. The first-order valence-electron chi connectivity index (χ1n) is 9.56. The van der Waals surface area contributed by atoms with Gasteiger partial charge in [0.25, 0.3) is 0 Å². The van der Waals surface area contributed by atoms with Gasteiger partial charge in [-0.05, 0) is 57.8 Å². The normalized spacial score (nSPS) is 21.0. The molecule has 2 aromatic carbocycles. The highest BCUT2D eigenvalue weighted by atomic mass is 16.5. The molecule has 0 spiro atoms. The molecule has 2 aromatic rings. The first kappa shape index (κ1) is 18.2. The van der Waals surface area contributed by atoms with E-state index in [-0.39, 0.29) is 0 Å². The molecule has 1 aliphatic heterocycles. The smallest absolute Gasteiger partial charge is 0.115 e. The molecule has 2 unspecified atom stereocenters. The Balaban J connectivity index is 1.76. The average molecular weight is 338 g/mol. The topological polar surface area (TPSA) is 12.5 Å². The minimum atomic E-state index is -0.401. The van der Waals surface area contributed by atoms with Crippen molar-refractivity contribution in [2.24, 2.45) is 0 Å². The van der Waals surface area contributed by atoms with Crippen LogP contribution in [-0.4, -0.2) is 31.1 Å². The summed E-state index contributed by atoms with van der Waals surface area (Å²) in [4.78, 5) is 2.50. The summed E-state index contributed by atoms with van der Waals surface area (Å²) in [7, 11) is 2.25. The molecule has 0 amide bonds. The van der Waals surface area contributed by atoms with Crippen LogP contribution < -0.4 is 0 Å². The molecule has 1 aliphatic rings. The van der Waals surface area contributed by atoms with Crippen molar-refractivity contribution in [3.63, 3.8) is 0 Å². The summed E-state index contributed by atoms with van der Waals surface area (Å²) in [5.74, 6) is 0. The van der Waals surface area contributed by atoms with Gasteiger partial charge < -0.3 is 9.64 Å². The van der Waals surface area contributed by atoms with Crippen LogP contribution in [0.15, 0.2) is 54.6 Å². The van der Waals surface area contributed by atoms with Gasteiger partial charge in [-0.3, -0.25) is 0 Å². The zero-order valence-electron chi connectivity index (χ0n) is 15.9. The fourth-order valence-corrected chi connectivity index (χ4v) is 3.87. The van der Waals surface area contributed by atoms with Crippen LogP contribution in [0.5, 0.6) is 0 Å². The van der Waals surface area contributed by atoms with Crippen LogP contribution in [0.4, 0.5) is 0 Å². The minimum absolute atomic E-state index is 0.401. The zero-order valence-corrected chi connectivity index (χ0v) is 15.9. The summed E-state index contributed by atoms with van der Waals surface area (Å²) < 4.78 is 6.57. The molecule has 0 radical (unpaired) electrons. The van der Waals surface area contributed by atoms with E-state index in [1.54, 1.807) is 0 Å². The Morgan fingerprint density at radius 2 is 1.68 bits per heavy atom. The predicted molar refractivity (Wildman–Crippen MR) is 105 cm³/mol. The van der Waals surface area contributed by atoms with Gasteiger partial charge in [0, 0.05) is 12.6 Å². The maximum atomic E-state index is 6.57. The first-order chi connectivity index (χ1) is 12.1. The van der Waals surface area contributed by atoms with Crippen molar-refractivity contribution in [1.82, 2.24) is 4.90 Å². The predicted octanol–water partition coefficient (Wildman–Crippen LogP) is 5.15. The lowest BCUT2D eigenvalue weighted by Gasteiger charge is -2.35. The second kappa shape index (κ2) is 8.16. The lowest BCUT2D eigenvalue weighted by molar-refractivity contribution is -0.0161. The van der Waals surface area contributed by atoms with E-state index < -0.39 is 5.60 Å². The molecule has 2 heteroatoms. The van der Waals surface area contributed by atoms with Gasteiger partial charge in [0.05, 0.1) is 0 Å². The van der Waals surface area contributed by atoms with Crippen LogP contribution >= 0.6 is 0 Å². The second-order valence-corrected chi connectivity index (χ2v) is 7.53. The van der Waals surface area contributed by atoms with E-state index in [9.17, 15) is 0 Å². The molecule has 0 N–H and O–H groups in total. The third kappa shape index (κ3) is 4.31. The summed E-state index contributed by atoms with van der Waals surface area (Å²) >= 11 is 0. The number of piperidine rings is 1. The van der Waals surface area contributed by atoms with Crippen molar-refractivity contribution in [2.45, 2.75) is 51.2 Å². The Hall–Kier alpha value is -1.64. The number of hydrogen-bond acceptors (Lipinski definition) is 2. The second-order valence-electron chi connectivity index (χ2n) is 7.53. The van der Waals surface area contributed by atoms with Crippen molar-refractivity contribution >= 4 is 0 Å². The molecule has 2 atom stereocenters. The summed E-state index contributed by atoms with van der Waals surface area (Å²) in [6.45, 7) is 6.34. The number of rotatable bonds is 6. The lowest BCUT2D eigenvalue weighted by Crippen LogP contribution is -2.38. The standard InChI is InChI=1S/C23H31NO/c1-19-12-14-21(15-13-19)23(2,20-9-5-4-6-10-20)25-18-16-22-11-7-8-17-24(22)3/h4-6,9-10,12-15,22H,7-8,11,16-18H2,1-3H3. The van der Waals surface area contributed by atoms with Crippen molar-refractivity contribution < 1.29 is 4.74 Å². The number of nitrogens with zero attached hydrogens (tertiary/aromatic N) is 1. The largest absolute Gasteiger partial charge is 0.366 e. The van der Waals surface area contributed by atoms with Gasteiger partial charge in [0.1, 0.15) is 5.60 Å². The van der Waals surface area contributed by atoms with Crippen LogP contribution in [0.3, 0.4) is 0 Å². The van der Waals surface area contributed by atoms with Gasteiger partial charge in [-0.2, -0.15) is 0 Å². The number of hydrogen-bond donors (Lipinski definition) is 0. The molecule has 1 fully saturated rings. The highest BCUT2D eigenvalue weighted by molar-refractivity contribution is 5.36. The average Bonchev–Trinajstić information content (AvgIpc) is 2.64. The lowest BCUT2D eigenvalue weighted by atomic mass is 9.87. The van der Waals surface area contributed by atoms with Gasteiger partial charge >= 0.3 is 0 Å². The Labute approximate surface area is 152 Å². The molecule has 1 saturated heterocycles. The first-order valence-corrected chi connectivity index (χ1v) is 9.56. The number of likely N-dealkylation sites (tertiary alicyclic amines) is 1. The summed E-state index contributed by atoms with van der Waals surface area (Å²) in [5.41, 5.74) is 3.32. The van der Waals surface area contributed by atoms with Crippen molar-refractivity contribution in [3.05, 3.63) is 71.3 Å². The van der Waals surface area contributed by atoms with E-state index in [0.717, 1.165) is 13.0 Å². The van der Waals surface area contributed by atoms with E-state index >= 15 is 0 Å². The van der Waals surface area contributed by atoms with Gasteiger partial charge in [-0.1, -0.05) is 66.6 Å². The number of aryl methyl sites for hydroxylation is 1. The Kier molecular flexibility index (Phi) is 5.93. The molecule has 3 rings (SSSR count). The monoisotopic (exact) mass is 337 g/mol. The Morgan fingerprint density at radius 3 is 2.36 bits per heavy atom. The van der Waals surface area contributed by atoms with Gasteiger partial charge in [-0.25, -0.2) is 0 Å². The Morgan fingerprint density at radius 1 is 1.00 bits per heavy atom. The zero-order chi connectivity index (χ0) is 17.7. The van der Waals surface area contributed by atoms with Gasteiger partial charge in [0.2, 0.25) is 0 Å². The fourth-order valence-electron chi connectivity index (χ4n) is 3.87. The third-order valence-corrected chi connectivity index (χ3v) is 5.69. The number of ether oxygens (including phenoxy) is 1. The van der Waals surface area contributed by atoms with E-state index in [4.69, 9.17) is 4.74 Å². The van der Waals surface area contributed by atoms with E-state index in [1.165, 1.54) is 42.5 Å². The van der Waals surface area contributed by atoms with Crippen LogP contribution in [0.1, 0.15) is 49.3 Å². The fraction of sp³-hybridized carbons (Fsp3) is 0.478.